The molecule has 0 aliphatic heterocycles. The van der Waals surface area contributed by atoms with Crippen LogP contribution in [0.25, 0.3) is 5.57 Å². The van der Waals surface area contributed by atoms with Gasteiger partial charge in [-0.15, -0.1) is 0 Å². The van der Waals surface area contributed by atoms with Crippen molar-refractivity contribution in [2.75, 3.05) is 0 Å². The third-order valence-electron chi connectivity index (χ3n) is 6.49. The maximum Gasteiger partial charge on any atom is 0.0682 e. The summed E-state index contributed by atoms with van der Waals surface area (Å²) in [6.07, 6.45) is 6.70. The number of allylic oxidation sites excluding steroid dienone is 4. The van der Waals surface area contributed by atoms with Crippen LogP contribution in [0.5, 0.6) is 0 Å². The van der Waals surface area contributed by atoms with Crippen molar-refractivity contribution in [2.24, 2.45) is 0 Å². The minimum absolute atomic E-state index is 0.159. The summed E-state index contributed by atoms with van der Waals surface area (Å²) in [5.74, 6) is 0. The number of hydrogen-bond donors (Lipinski definition) is 0. The van der Waals surface area contributed by atoms with E-state index in [0.29, 0.717) is 4.83 Å². The van der Waals surface area contributed by atoms with Crippen LogP contribution in [0, 0.1) is 0 Å². The molecule has 0 radical (unpaired) electrons. The van der Waals surface area contributed by atoms with Crippen molar-refractivity contribution in [1.82, 2.24) is 0 Å². The number of hydrogen-bond acceptors (Lipinski definition) is 0. The van der Waals surface area contributed by atoms with Gasteiger partial charge in [0.25, 0.3) is 0 Å². The van der Waals surface area contributed by atoms with E-state index in [1.54, 1.807) is 5.57 Å². The maximum atomic E-state index is 3.88. The van der Waals surface area contributed by atoms with Gasteiger partial charge in [0.2, 0.25) is 0 Å². The van der Waals surface area contributed by atoms with Gasteiger partial charge in [-0.2, -0.15) is 0 Å². The summed E-state index contributed by atoms with van der Waals surface area (Å²) in [5.41, 5.74) is 11.5. The van der Waals surface area contributed by atoms with Crippen LogP contribution in [0.2, 0.25) is 0 Å². The average molecular weight is 411 g/mol. The van der Waals surface area contributed by atoms with E-state index in [-0.39, 0.29) is 5.41 Å². The summed E-state index contributed by atoms with van der Waals surface area (Å²) < 4.78 is 0. The van der Waals surface area contributed by atoms with Gasteiger partial charge in [0.15, 0.2) is 0 Å². The van der Waals surface area contributed by atoms with E-state index in [2.05, 4.69) is 101 Å². The van der Waals surface area contributed by atoms with Crippen molar-refractivity contribution in [3.63, 3.8) is 0 Å². The average Bonchev–Trinajstić information content (AvgIpc) is 2.99. The molecule has 1 spiro atoms. The van der Waals surface area contributed by atoms with Crippen LogP contribution < -0.4 is 0 Å². The molecule has 0 nitrogen and oxygen atoms in total. The Balaban J connectivity index is 1.81. The molecule has 3 aliphatic rings. The van der Waals surface area contributed by atoms with Crippen molar-refractivity contribution in [1.29, 1.82) is 0 Å². The summed E-state index contributed by atoms with van der Waals surface area (Å²) >= 11 is 3.88. The Morgan fingerprint density at radius 1 is 0.741 bits per heavy atom. The van der Waals surface area contributed by atoms with E-state index in [1.165, 1.54) is 39.0 Å². The molecule has 0 fully saturated rings. The van der Waals surface area contributed by atoms with Crippen molar-refractivity contribution in [2.45, 2.75) is 23.1 Å². The standard InChI is InChI=1S/C26H19Br/c27-19-13-14-21-20-9-3-6-12-24(20)26(25(21)16-19)22-10-4-1-7-17(22)15-18-8-2-5-11-23(18)26/h1-14,19H,15-16H2. The molecule has 27 heavy (non-hydrogen) atoms. The van der Waals surface area contributed by atoms with E-state index in [4.69, 9.17) is 0 Å². The monoisotopic (exact) mass is 410 g/mol. The van der Waals surface area contributed by atoms with Gasteiger partial charge in [-0.05, 0) is 57.4 Å². The zero-order chi connectivity index (χ0) is 18.0. The Bertz CT molecular complexity index is 1100. The molecule has 1 atom stereocenters. The second-order valence-corrected chi connectivity index (χ2v) is 8.93. The second-order valence-electron chi connectivity index (χ2n) is 7.76. The normalized spacial score (nSPS) is 20.9. The zero-order valence-electron chi connectivity index (χ0n) is 15.0. The molecule has 1 heteroatoms. The van der Waals surface area contributed by atoms with Crippen molar-refractivity contribution < 1.29 is 0 Å². The second kappa shape index (κ2) is 5.56. The molecule has 0 amide bonds. The molecule has 0 saturated carbocycles. The molecule has 1 unspecified atom stereocenters. The van der Waals surface area contributed by atoms with E-state index in [0.717, 1.165) is 12.8 Å². The van der Waals surface area contributed by atoms with Crippen LogP contribution in [0.3, 0.4) is 0 Å². The lowest BCUT2D eigenvalue weighted by molar-refractivity contribution is 0.669. The summed E-state index contributed by atoms with van der Waals surface area (Å²) in [5, 5.41) is 0. The maximum absolute atomic E-state index is 3.88. The highest BCUT2D eigenvalue weighted by molar-refractivity contribution is 9.09. The number of rotatable bonds is 0. The van der Waals surface area contributed by atoms with E-state index in [1.807, 2.05) is 0 Å². The number of benzene rings is 3. The zero-order valence-corrected chi connectivity index (χ0v) is 16.5. The fourth-order valence-corrected chi connectivity index (χ4v) is 6.01. The molecule has 0 heterocycles. The van der Waals surface area contributed by atoms with E-state index >= 15 is 0 Å². The van der Waals surface area contributed by atoms with Crippen LogP contribution in [-0.4, -0.2) is 4.83 Å². The first-order valence-corrected chi connectivity index (χ1v) is 10.5. The quantitative estimate of drug-likeness (QED) is 0.375. The Hall–Kier alpha value is -2.38. The van der Waals surface area contributed by atoms with Crippen molar-refractivity contribution >= 4 is 21.5 Å². The summed E-state index contributed by atoms with van der Waals surface area (Å²) in [7, 11) is 0. The molecular formula is C26H19Br. The van der Waals surface area contributed by atoms with E-state index < -0.39 is 0 Å². The smallest absolute Gasteiger partial charge is 0.0682 e. The number of alkyl halides is 1. The Kier molecular flexibility index (Phi) is 3.22. The molecule has 3 aromatic rings. The Morgan fingerprint density at radius 3 is 2.04 bits per heavy atom. The van der Waals surface area contributed by atoms with Crippen LogP contribution in [0.15, 0.2) is 90.5 Å². The fraction of sp³-hybridized carbons (Fsp3) is 0.154. The molecular weight excluding hydrogens is 392 g/mol. The predicted octanol–water partition coefficient (Wildman–Crippen LogP) is 6.42. The first-order chi connectivity index (χ1) is 13.3. The number of halogens is 1. The molecule has 3 aliphatic carbocycles. The van der Waals surface area contributed by atoms with Gasteiger partial charge in [-0.25, -0.2) is 0 Å². The summed E-state index contributed by atoms with van der Waals surface area (Å²) in [6, 6.07) is 27.2. The van der Waals surface area contributed by atoms with Gasteiger partial charge in [0.1, 0.15) is 0 Å². The lowest BCUT2D eigenvalue weighted by atomic mass is 9.60. The van der Waals surface area contributed by atoms with Crippen LogP contribution in [-0.2, 0) is 11.8 Å². The highest BCUT2D eigenvalue weighted by Crippen LogP contribution is 2.60. The molecule has 0 bridgehead atoms. The molecule has 6 rings (SSSR count). The number of fused-ring (bicyclic) bond motifs is 8. The van der Waals surface area contributed by atoms with Crippen molar-refractivity contribution in [3.8, 4) is 0 Å². The lowest BCUT2D eigenvalue weighted by Crippen LogP contribution is -2.36. The first-order valence-electron chi connectivity index (χ1n) is 9.62. The Morgan fingerprint density at radius 2 is 1.33 bits per heavy atom. The molecule has 0 aromatic heterocycles. The molecule has 0 N–H and O–H groups in total. The highest BCUT2D eigenvalue weighted by Gasteiger charge is 2.51. The fourth-order valence-electron chi connectivity index (χ4n) is 5.54. The molecule has 130 valence electrons. The van der Waals surface area contributed by atoms with Crippen LogP contribution >= 0.6 is 15.9 Å². The largest absolute Gasteiger partial charge is 0.0842 e. The van der Waals surface area contributed by atoms with Gasteiger partial charge in [0, 0.05) is 4.83 Å². The van der Waals surface area contributed by atoms with Gasteiger partial charge < -0.3 is 0 Å². The SMILES string of the molecule is BrC1C=CC2=C(C1)C1(c3ccccc3Cc3ccccc31)c1ccccc12. The molecule has 0 saturated heterocycles. The topological polar surface area (TPSA) is 0 Å². The third-order valence-corrected chi connectivity index (χ3v) is 7.12. The highest BCUT2D eigenvalue weighted by atomic mass is 79.9. The summed E-state index contributed by atoms with van der Waals surface area (Å²) in [6.45, 7) is 0. The van der Waals surface area contributed by atoms with Crippen LogP contribution in [0.1, 0.15) is 39.8 Å². The summed E-state index contributed by atoms with van der Waals surface area (Å²) in [4.78, 5) is 0.392. The van der Waals surface area contributed by atoms with Crippen molar-refractivity contribution in [3.05, 3.63) is 124 Å². The first kappa shape index (κ1) is 15.7. The van der Waals surface area contributed by atoms with Crippen LogP contribution in [0.4, 0.5) is 0 Å². The predicted molar refractivity (Wildman–Crippen MR) is 115 cm³/mol. The lowest BCUT2D eigenvalue weighted by Gasteiger charge is -2.42. The van der Waals surface area contributed by atoms with Gasteiger partial charge in [0.05, 0.1) is 5.41 Å². The van der Waals surface area contributed by atoms with Gasteiger partial charge in [-0.3, -0.25) is 0 Å². The van der Waals surface area contributed by atoms with Gasteiger partial charge in [-0.1, -0.05) is 101 Å². The Labute approximate surface area is 168 Å². The third kappa shape index (κ3) is 1.93. The van der Waals surface area contributed by atoms with Gasteiger partial charge >= 0.3 is 0 Å². The molecule has 3 aromatic carbocycles. The minimum Gasteiger partial charge on any atom is -0.0842 e. The van der Waals surface area contributed by atoms with E-state index in [9.17, 15) is 0 Å². The minimum atomic E-state index is -0.159.